The van der Waals surface area contributed by atoms with Crippen LogP contribution in [0.4, 0.5) is 4.39 Å². The SMILES string of the molecule is Cc1cc(F)ccc1C(CN)NCC(C)C. The van der Waals surface area contributed by atoms with Crippen LogP contribution in [0.3, 0.4) is 0 Å². The molecule has 3 N–H and O–H groups in total. The molecule has 0 aliphatic heterocycles. The molecular weight excluding hydrogens is 203 g/mol. The largest absolute Gasteiger partial charge is 0.329 e. The van der Waals surface area contributed by atoms with Crippen LogP contribution < -0.4 is 11.1 Å². The summed E-state index contributed by atoms with van der Waals surface area (Å²) in [6.07, 6.45) is 0. The van der Waals surface area contributed by atoms with Gasteiger partial charge in [0.05, 0.1) is 0 Å². The first kappa shape index (κ1) is 13.1. The lowest BCUT2D eigenvalue weighted by molar-refractivity contribution is 0.477. The van der Waals surface area contributed by atoms with Gasteiger partial charge in [0, 0.05) is 12.6 Å². The number of hydrogen-bond acceptors (Lipinski definition) is 2. The van der Waals surface area contributed by atoms with E-state index in [9.17, 15) is 4.39 Å². The molecule has 1 aromatic rings. The van der Waals surface area contributed by atoms with Crippen molar-refractivity contribution in [3.63, 3.8) is 0 Å². The average Bonchev–Trinajstić information content (AvgIpc) is 2.21. The molecule has 0 aromatic heterocycles. The van der Waals surface area contributed by atoms with Gasteiger partial charge in [-0.3, -0.25) is 0 Å². The molecule has 0 aliphatic rings. The van der Waals surface area contributed by atoms with Gasteiger partial charge in [-0.2, -0.15) is 0 Å². The highest BCUT2D eigenvalue weighted by Crippen LogP contribution is 2.18. The molecule has 1 aromatic carbocycles. The second kappa shape index (κ2) is 5.97. The molecule has 2 nitrogen and oxygen atoms in total. The predicted octanol–water partition coefficient (Wildman–Crippen LogP) is 2.38. The average molecular weight is 224 g/mol. The van der Waals surface area contributed by atoms with E-state index in [0.717, 1.165) is 17.7 Å². The molecule has 90 valence electrons. The monoisotopic (exact) mass is 224 g/mol. The lowest BCUT2D eigenvalue weighted by Gasteiger charge is -2.20. The molecule has 0 aliphatic carbocycles. The smallest absolute Gasteiger partial charge is 0.123 e. The summed E-state index contributed by atoms with van der Waals surface area (Å²) >= 11 is 0. The summed E-state index contributed by atoms with van der Waals surface area (Å²) in [7, 11) is 0. The van der Waals surface area contributed by atoms with Crippen molar-refractivity contribution >= 4 is 0 Å². The van der Waals surface area contributed by atoms with Crippen molar-refractivity contribution in [2.75, 3.05) is 13.1 Å². The quantitative estimate of drug-likeness (QED) is 0.806. The summed E-state index contributed by atoms with van der Waals surface area (Å²) < 4.78 is 13.0. The van der Waals surface area contributed by atoms with Crippen LogP contribution in [0.1, 0.15) is 31.0 Å². The maximum absolute atomic E-state index is 13.0. The van der Waals surface area contributed by atoms with Crippen molar-refractivity contribution in [2.24, 2.45) is 11.7 Å². The molecule has 1 rings (SSSR count). The summed E-state index contributed by atoms with van der Waals surface area (Å²) in [5, 5.41) is 3.40. The molecule has 0 saturated carbocycles. The van der Waals surface area contributed by atoms with E-state index in [4.69, 9.17) is 5.73 Å². The van der Waals surface area contributed by atoms with Crippen molar-refractivity contribution in [3.05, 3.63) is 35.1 Å². The molecule has 0 amide bonds. The van der Waals surface area contributed by atoms with E-state index in [0.29, 0.717) is 12.5 Å². The summed E-state index contributed by atoms with van der Waals surface area (Å²) in [5.41, 5.74) is 7.78. The third kappa shape index (κ3) is 3.58. The summed E-state index contributed by atoms with van der Waals surface area (Å²) in [6.45, 7) is 7.66. The second-order valence-corrected chi connectivity index (χ2v) is 4.59. The third-order valence-corrected chi connectivity index (χ3v) is 2.62. The number of nitrogens with two attached hydrogens (primary N) is 1. The number of benzene rings is 1. The van der Waals surface area contributed by atoms with Crippen LogP contribution in [0.15, 0.2) is 18.2 Å². The van der Waals surface area contributed by atoms with Crippen molar-refractivity contribution in [1.82, 2.24) is 5.32 Å². The fourth-order valence-corrected chi connectivity index (χ4v) is 1.73. The van der Waals surface area contributed by atoms with Gasteiger partial charge in [0.15, 0.2) is 0 Å². The van der Waals surface area contributed by atoms with Gasteiger partial charge in [-0.1, -0.05) is 19.9 Å². The Balaban J connectivity index is 2.78. The van der Waals surface area contributed by atoms with Crippen LogP contribution in [0.25, 0.3) is 0 Å². The Morgan fingerprint density at radius 2 is 2.06 bits per heavy atom. The van der Waals surface area contributed by atoms with Gasteiger partial charge < -0.3 is 11.1 Å². The zero-order chi connectivity index (χ0) is 12.1. The normalized spacial score (nSPS) is 13.1. The number of nitrogens with one attached hydrogen (secondary N) is 1. The molecule has 0 fully saturated rings. The minimum atomic E-state index is -0.194. The van der Waals surface area contributed by atoms with Gasteiger partial charge in [0.1, 0.15) is 5.82 Å². The maximum Gasteiger partial charge on any atom is 0.123 e. The lowest BCUT2D eigenvalue weighted by atomic mass is 10.0. The molecular formula is C13H21FN2. The minimum Gasteiger partial charge on any atom is -0.329 e. The fourth-order valence-electron chi connectivity index (χ4n) is 1.73. The highest BCUT2D eigenvalue weighted by molar-refractivity contribution is 5.29. The Hall–Kier alpha value is -0.930. The molecule has 0 saturated heterocycles. The first-order valence-electron chi connectivity index (χ1n) is 5.74. The molecule has 16 heavy (non-hydrogen) atoms. The van der Waals surface area contributed by atoms with Crippen molar-refractivity contribution < 1.29 is 4.39 Å². The van der Waals surface area contributed by atoms with E-state index in [1.54, 1.807) is 6.07 Å². The van der Waals surface area contributed by atoms with Gasteiger partial charge in [0.25, 0.3) is 0 Å². The van der Waals surface area contributed by atoms with Crippen LogP contribution >= 0.6 is 0 Å². The minimum absolute atomic E-state index is 0.114. The predicted molar refractivity (Wildman–Crippen MR) is 65.8 cm³/mol. The van der Waals surface area contributed by atoms with E-state index >= 15 is 0 Å². The van der Waals surface area contributed by atoms with Crippen molar-refractivity contribution in [3.8, 4) is 0 Å². The Bertz CT molecular complexity index is 337. The molecule has 0 bridgehead atoms. The number of hydrogen-bond donors (Lipinski definition) is 2. The fraction of sp³-hybridized carbons (Fsp3) is 0.538. The highest BCUT2D eigenvalue weighted by Gasteiger charge is 2.12. The summed E-state index contributed by atoms with van der Waals surface area (Å²) in [6, 6.07) is 4.97. The summed E-state index contributed by atoms with van der Waals surface area (Å²) in [5.74, 6) is 0.385. The van der Waals surface area contributed by atoms with Crippen LogP contribution in [0, 0.1) is 18.7 Å². The summed E-state index contributed by atoms with van der Waals surface area (Å²) in [4.78, 5) is 0. The molecule has 0 spiro atoms. The molecule has 1 unspecified atom stereocenters. The van der Waals surface area contributed by atoms with E-state index in [2.05, 4.69) is 19.2 Å². The number of aryl methyl sites for hydroxylation is 1. The molecule has 0 heterocycles. The Kier molecular flexibility index (Phi) is 4.90. The van der Waals surface area contributed by atoms with Gasteiger partial charge in [0.2, 0.25) is 0 Å². The van der Waals surface area contributed by atoms with E-state index in [-0.39, 0.29) is 11.9 Å². The standard InChI is InChI=1S/C13H21FN2/c1-9(2)8-16-13(7-15)12-5-4-11(14)6-10(12)3/h4-6,9,13,16H,7-8,15H2,1-3H3. The number of rotatable bonds is 5. The highest BCUT2D eigenvalue weighted by atomic mass is 19.1. The first-order valence-corrected chi connectivity index (χ1v) is 5.74. The van der Waals surface area contributed by atoms with Crippen molar-refractivity contribution in [2.45, 2.75) is 26.8 Å². The van der Waals surface area contributed by atoms with Gasteiger partial charge in [-0.25, -0.2) is 4.39 Å². The van der Waals surface area contributed by atoms with Crippen LogP contribution in [-0.2, 0) is 0 Å². The Labute approximate surface area is 97.0 Å². The molecule has 1 atom stereocenters. The van der Waals surface area contributed by atoms with E-state index in [1.807, 2.05) is 13.0 Å². The number of halogens is 1. The topological polar surface area (TPSA) is 38.0 Å². The zero-order valence-electron chi connectivity index (χ0n) is 10.3. The Morgan fingerprint density at radius 3 is 2.56 bits per heavy atom. The van der Waals surface area contributed by atoms with Gasteiger partial charge >= 0.3 is 0 Å². The van der Waals surface area contributed by atoms with Crippen molar-refractivity contribution in [1.29, 1.82) is 0 Å². The lowest BCUT2D eigenvalue weighted by Crippen LogP contribution is -2.31. The third-order valence-electron chi connectivity index (χ3n) is 2.62. The van der Waals surface area contributed by atoms with Gasteiger partial charge in [-0.15, -0.1) is 0 Å². The van der Waals surface area contributed by atoms with Gasteiger partial charge in [-0.05, 0) is 42.6 Å². The zero-order valence-corrected chi connectivity index (χ0v) is 10.3. The maximum atomic E-state index is 13.0. The van der Waals surface area contributed by atoms with Crippen LogP contribution in [-0.4, -0.2) is 13.1 Å². The molecule has 3 heteroatoms. The van der Waals surface area contributed by atoms with Crippen LogP contribution in [0.2, 0.25) is 0 Å². The Morgan fingerprint density at radius 1 is 1.38 bits per heavy atom. The first-order chi connectivity index (χ1) is 7.54. The second-order valence-electron chi connectivity index (χ2n) is 4.59. The van der Waals surface area contributed by atoms with Crippen LogP contribution in [0.5, 0.6) is 0 Å². The van der Waals surface area contributed by atoms with E-state index in [1.165, 1.54) is 6.07 Å². The molecule has 0 radical (unpaired) electrons. The van der Waals surface area contributed by atoms with E-state index < -0.39 is 0 Å².